The molecule has 1 heterocycles. The van der Waals surface area contributed by atoms with Gasteiger partial charge in [-0.15, -0.1) is 0 Å². The maximum absolute atomic E-state index is 12.3. The summed E-state index contributed by atoms with van der Waals surface area (Å²) in [6.45, 7) is 1.47. The second-order valence-electron chi connectivity index (χ2n) is 4.97. The summed E-state index contributed by atoms with van der Waals surface area (Å²) >= 11 is 0. The average molecular weight is 293 g/mol. The number of nitrogens with zero attached hydrogens (tertiary/aromatic N) is 1. The minimum atomic E-state index is -1.04. The van der Waals surface area contributed by atoms with Crippen LogP contribution in [0.25, 0.3) is 0 Å². The van der Waals surface area contributed by atoms with Crippen molar-refractivity contribution in [3.8, 4) is 0 Å². The first-order valence-corrected chi connectivity index (χ1v) is 6.97. The first-order valence-electron chi connectivity index (χ1n) is 6.97. The summed E-state index contributed by atoms with van der Waals surface area (Å²) in [6, 6.07) is 6.07. The van der Waals surface area contributed by atoms with Crippen molar-refractivity contribution in [1.82, 2.24) is 4.90 Å². The lowest BCUT2D eigenvalue weighted by Gasteiger charge is -2.32. The highest BCUT2D eigenvalue weighted by atomic mass is 16.5. The largest absolute Gasteiger partial charge is 0.478 e. The number of rotatable bonds is 5. The van der Waals surface area contributed by atoms with Crippen LogP contribution in [0.3, 0.4) is 0 Å². The van der Waals surface area contributed by atoms with E-state index in [0.717, 1.165) is 12.8 Å². The molecule has 0 unspecified atom stereocenters. The van der Waals surface area contributed by atoms with Crippen LogP contribution in [0.15, 0.2) is 24.3 Å². The van der Waals surface area contributed by atoms with E-state index in [2.05, 4.69) is 0 Å². The summed E-state index contributed by atoms with van der Waals surface area (Å²) in [6.07, 6.45) is 1.53. The number of carbonyl (C=O) groups is 2. The fourth-order valence-corrected chi connectivity index (χ4v) is 2.41. The molecule has 0 aliphatic carbocycles. The van der Waals surface area contributed by atoms with Gasteiger partial charge < -0.3 is 19.8 Å². The van der Waals surface area contributed by atoms with Crippen LogP contribution in [-0.2, 0) is 4.74 Å². The molecule has 0 spiro atoms. The Morgan fingerprint density at radius 1 is 1.24 bits per heavy atom. The number of aromatic carboxylic acids is 1. The molecule has 1 saturated heterocycles. The Morgan fingerprint density at radius 3 is 2.52 bits per heavy atom. The van der Waals surface area contributed by atoms with Crippen LogP contribution in [0.5, 0.6) is 0 Å². The van der Waals surface area contributed by atoms with Crippen LogP contribution in [0.2, 0.25) is 0 Å². The van der Waals surface area contributed by atoms with Gasteiger partial charge >= 0.3 is 5.97 Å². The number of ether oxygens (including phenoxy) is 1. The zero-order chi connectivity index (χ0) is 15.2. The molecule has 1 fully saturated rings. The van der Waals surface area contributed by atoms with Gasteiger partial charge in [0.05, 0.1) is 24.9 Å². The number of hydrogen-bond donors (Lipinski definition) is 2. The number of piperidine rings is 1. The van der Waals surface area contributed by atoms with Gasteiger partial charge in [0.15, 0.2) is 0 Å². The summed E-state index contributed by atoms with van der Waals surface area (Å²) in [4.78, 5) is 25.0. The molecule has 114 valence electrons. The molecule has 2 N–H and O–H groups in total. The summed E-state index contributed by atoms with van der Waals surface area (Å²) in [5.41, 5.74) is 0.506. The minimum absolute atomic E-state index is 0.00112. The summed E-state index contributed by atoms with van der Waals surface area (Å²) in [5, 5.41) is 17.7. The predicted octanol–water partition coefficient (Wildman–Crippen LogP) is 0.998. The average Bonchev–Trinajstić information content (AvgIpc) is 2.53. The molecule has 1 aliphatic rings. The van der Waals surface area contributed by atoms with E-state index >= 15 is 0 Å². The molecular weight excluding hydrogens is 274 g/mol. The van der Waals surface area contributed by atoms with E-state index in [1.165, 1.54) is 12.1 Å². The molecule has 0 saturated carbocycles. The molecule has 6 heteroatoms. The summed E-state index contributed by atoms with van der Waals surface area (Å²) in [7, 11) is 0. The smallest absolute Gasteiger partial charge is 0.335 e. The standard InChI is InChI=1S/C15H19NO5/c17-8-9-21-13-4-6-16(7-5-13)14(18)11-2-1-3-12(10-11)15(19)20/h1-3,10,13,17H,4-9H2,(H,19,20). The zero-order valence-electron chi connectivity index (χ0n) is 11.7. The van der Waals surface area contributed by atoms with E-state index in [4.69, 9.17) is 14.9 Å². The molecule has 21 heavy (non-hydrogen) atoms. The molecule has 0 atom stereocenters. The van der Waals surface area contributed by atoms with Crippen LogP contribution >= 0.6 is 0 Å². The molecule has 0 radical (unpaired) electrons. The number of likely N-dealkylation sites (tertiary alicyclic amines) is 1. The molecule has 0 aromatic heterocycles. The fourth-order valence-electron chi connectivity index (χ4n) is 2.41. The van der Waals surface area contributed by atoms with Crippen molar-refractivity contribution in [1.29, 1.82) is 0 Å². The second-order valence-corrected chi connectivity index (χ2v) is 4.97. The molecule has 1 amide bonds. The van der Waals surface area contributed by atoms with E-state index in [0.29, 0.717) is 25.3 Å². The van der Waals surface area contributed by atoms with Crippen LogP contribution in [0.4, 0.5) is 0 Å². The fraction of sp³-hybridized carbons (Fsp3) is 0.467. The van der Waals surface area contributed by atoms with Gasteiger partial charge in [0.25, 0.3) is 5.91 Å². The van der Waals surface area contributed by atoms with Crippen molar-refractivity contribution in [2.75, 3.05) is 26.3 Å². The van der Waals surface area contributed by atoms with Crippen molar-refractivity contribution < 1.29 is 24.5 Å². The van der Waals surface area contributed by atoms with Gasteiger partial charge in [-0.1, -0.05) is 6.07 Å². The Kier molecular flexibility index (Phi) is 5.30. The number of carboxylic acid groups (broad SMARTS) is 1. The van der Waals surface area contributed by atoms with Crippen molar-refractivity contribution in [2.45, 2.75) is 18.9 Å². The molecule has 2 rings (SSSR count). The molecule has 6 nitrogen and oxygen atoms in total. The number of aliphatic hydroxyl groups excluding tert-OH is 1. The Balaban J connectivity index is 1.95. The van der Waals surface area contributed by atoms with Gasteiger partial charge in [-0.3, -0.25) is 4.79 Å². The van der Waals surface area contributed by atoms with Crippen molar-refractivity contribution >= 4 is 11.9 Å². The second kappa shape index (κ2) is 7.19. The van der Waals surface area contributed by atoms with Gasteiger partial charge in [0.1, 0.15) is 0 Å². The number of carbonyl (C=O) groups excluding carboxylic acids is 1. The lowest BCUT2D eigenvalue weighted by atomic mass is 10.1. The summed E-state index contributed by atoms with van der Waals surface area (Å²) in [5.74, 6) is -1.19. The van der Waals surface area contributed by atoms with E-state index in [1.54, 1.807) is 17.0 Å². The molecule has 1 aliphatic heterocycles. The normalized spacial score (nSPS) is 16.0. The molecule has 0 bridgehead atoms. The predicted molar refractivity (Wildman–Crippen MR) is 75.4 cm³/mol. The van der Waals surface area contributed by atoms with Crippen molar-refractivity contribution in [3.05, 3.63) is 35.4 Å². The lowest BCUT2D eigenvalue weighted by Crippen LogP contribution is -2.41. The Morgan fingerprint density at radius 2 is 1.90 bits per heavy atom. The van der Waals surface area contributed by atoms with E-state index < -0.39 is 5.97 Å². The minimum Gasteiger partial charge on any atom is -0.478 e. The van der Waals surface area contributed by atoms with Crippen LogP contribution < -0.4 is 0 Å². The zero-order valence-corrected chi connectivity index (χ0v) is 11.7. The van der Waals surface area contributed by atoms with Crippen LogP contribution in [0, 0.1) is 0 Å². The lowest BCUT2D eigenvalue weighted by molar-refractivity contribution is -0.00554. The molecule has 1 aromatic carbocycles. The Bertz CT molecular complexity index is 509. The summed E-state index contributed by atoms with van der Waals surface area (Å²) < 4.78 is 5.45. The highest BCUT2D eigenvalue weighted by Crippen LogP contribution is 2.17. The highest BCUT2D eigenvalue weighted by molar-refractivity contribution is 5.97. The highest BCUT2D eigenvalue weighted by Gasteiger charge is 2.24. The first-order chi connectivity index (χ1) is 10.1. The monoisotopic (exact) mass is 293 g/mol. The Hall–Kier alpha value is -1.92. The SMILES string of the molecule is O=C(O)c1cccc(C(=O)N2CCC(OCCO)CC2)c1. The maximum atomic E-state index is 12.3. The van der Waals surface area contributed by atoms with Crippen molar-refractivity contribution in [2.24, 2.45) is 0 Å². The maximum Gasteiger partial charge on any atom is 0.335 e. The van der Waals surface area contributed by atoms with Gasteiger partial charge in [0.2, 0.25) is 0 Å². The third-order valence-corrected chi connectivity index (χ3v) is 3.53. The van der Waals surface area contributed by atoms with E-state index in [1.807, 2.05) is 0 Å². The number of hydrogen-bond acceptors (Lipinski definition) is 4. The van der Waals surface area contributed by atoms with Gasteiger partial charge in [-0.2, -0.15) is 0 Å². The number of carboxylic acids is 1. The van der Waals surface area contributed by atoms with Gasteiger partial charge in [0, 0.05) is 18.7 Å². The third kappa shape index (κ3) is 4.03. The number of aliphatic hydroxyl groups is 1. The number of amides is 1. The topological polar surface area (TPSA) is 87.1 Å². The van der Waals surface area contributed by atoms with Crippen LogP contribution in [0.1, 0.15) is 33.6 Å². The van der Waals surface area contributed by atoms with Gasteiger partial charge in [-0.25, -0.2) is 4.79 Å². The van der Waals surface area contributed by atoms with Gasteiger partial charge in [-0.05, 0) is 31.0 Å². The van der Waals surface area contributed by atoms with Crippen LogP contribution in [-0.4, -0.2) is 59.4 Å². The molecule has 1 aromatic rings. The molecular formula is C15H19NO5. The quantitative estimate of drug-likeness (QED) is 0.845. The van der Waals surface area contributed by atoms with E-state index in [9.17, 15) is 9.59 Å². The third-order valence-electron chi connectivity index (χ3n) is 3.53. The van der Waals surface area contributed by atoms with E-state index in [-0.39, 0.29) is 24.2 Å². The first kappa shape index (κ1) is 15.5. The van der Waals surface area contributed by atoms with Crippen molar-refractivity contribution in [3.63, 3.8) is 0 Å². The number of benzene rings is 1. The Labute approximate surface area is 122 Å².